The van der Waals surface area contributed by atoms with E-state index in [-0.39, 0.29) is 10.7 Å². The van der Waals surface area contributed by atoms with Crippen molar-refractivity contribution >= 4 is 28.4 Å². The lowest BCUT2D eigenvalue weighted by atomic mass is 10.1. The van der Waals surface area contributed by atoms with Gasteiger partial charge in [-0.05, 0) is 11.6 Å². The maximum atomic E-state index is 11.3. The molecule has 0 aliphatic rings. The SMILES string of the molecule is O=C(Cl)c1c(Cl)ncnc1-c1ccccc1. The second-order valence-electron chi connectivity index (χ2n) is 3.03. The van der Waals surface area contributed by atoms with Crippen LogP contribution in [0.5, 0.6) is 0 Å². The van der Waals surface area contributed by atoms with E-state index in [0.29, 0.717) is 5.69 Å². The van der Waals surface area contributed by atoms with E-state index in [4.69, 9.17) is 23.2 Å². The second kappa shape index (κ2) is 4.60. The minimum Gasteiger partial charge on any atom is -0.275 e. The fourth-order valence-electron chi connectivity index (χ4n) is 1.35. The predicted octanol–water partition coefficient (Wildman–Crippen LogP) is 3.18. The number of halogens is 2. The summed E-state index contributed by atoms with van der Waals surface area (Å²) in [7, 11) is 0. The summed E-state index contributed by atoms with van der Waals surface area (Å²) in [6.07, 6.45) is 1.30. The summed E-state index contributed by atoms with van der Waals surface area (Å²) in [5, 5.41) is -0.599. The summed E-state index contributed by atoms with van der Waals surface area (Å²) < 4.78 is 0. The van der Waals surface area contributed by atoms with Crippen LogP contribution in [0, 0.1) is 0 Å². The van der Waals surface area contributed by atoms with Gasteiger partial charge in [0, 0.05) is 5.56 Å². The lowest BCUT2D eigenvalue weighted by Crippen LogP contribution is -1.99. The third kappa shape index (κ3) is 2.05. The number of nitrogens with zero attached hydrogens (tertiary/aromatic N) is 2. The molecular weight excluding hydrogens is 247 g/mol. The first kappa shape index (κ1) is 11.0. The van der Waals surface area contributed by atoms with Crippen LogP contribution >= 0.6 is 23.2 Å². The van der Waals surface area contributed by atoms with Crippen LogP contribution in [-0.2, 0) is 0 Å². The quantitative estimate of drug-likeness (QED) is 0.609. The maximum absolute atomic E-state index is 11.3. The van der Waals surface area contributed by atoms with Crippen molar-refractivity contribution in [2.24, 2.45) is 0 Å². The first-order valence-electron chi connectivity index (χ1n) is 4.46. The van der Waals surface area contributed by atoms with Gasteiger partial charge in [-0.1, -0.05) is 41.9 Å². The minimum absolute atomic E-state index is 0.0638. The van der Waals surface area contributed by atoms with E-state index in [9.17, 15) is 4.79 Å². The van der Waals surface area contributed by atoms with Gasteiger partial charge in [0.1, 0.15) is 11.5 Å². The zero-order valence-electron chi connectivity index (χ0n) is 8.02. The van der Waals surface area contributed by atoms with Crippen LogP contribution in [0.1, 0.15) is 10.4 Å². The monoisotopic (exact) mass is 252 g/mol. The molecule has 1 aromatic heterocycles. The van der Waals surface area contributed by atoms with Crippen molar-refractivity contribution in [2.75, 3.05) is 0 Å². The Balaban J connectivity index is 2.66. The molecule has 1 aromatic carbocycles. The summed E-state index contributed by atoms with van der Waals surface area (Å²) in [6.45, 7) is 0. The summed E-state index contributed by atoms with van der Waals surface area (Å²) in [5.74, 6) is 0. The summed E-state index contributed by atoms with van der Waals surface area (Å²) >= 11 is 11.3. The number of carbonyl (C=O) groups is 1. The highest BCUT2D eigenvalue weighted by atomic mass is 35.5. The molecule has 5 heteroatoms. The molecule has 0 saturated heterocycles. The van der Waals surface area contributed by atoms with Gasteiger partial charge < -0.3 is 0 Å². The van der Waals surface area contributed by atoms with Crippen LogP contribution in [0.3, 0.4) is 0 Å². The Morgan fingerprint density at radius 3 is 2.44 bits per heavy atom. The van der Waals surface area contributed by atoms with Crippen molar-refractivity contribution in [2.45, 2.75) is 0 Å². The largest absolute Gasteiger partial charge is 0.275 e. The van der Waals surface area contributed by atoms with Crippen molar-refractivity contribution < 1.29 is 4.79 Å². The van der Waals surface area contributed by atoms with Crippen molar-refractivity contribution in [3.63, 3.8) is 0 Å². The standard InChI is InChI=1S/C11H6Cl2N2O/c12-10-8(11(13)16)9(14-6-15-10)7-4-2-1-3-5-7/h1-6H. The number of rotatable bonds is 2. The highest BCUT2D eigenvalue weighted by molar-refractivity contribution is 6.69. The van der Waals surface area contributed by atoms with E-state index in [1.165, 1.54) is 6.33 Å². The smallest absolute Gasteiger partial charge is 0.257 e. The first-order valence-corrected chi connectivity index (χ1v) is 5.21. The molecule has 0 atom stereocenters. The lowest BCUT2D eigenvalue weighted by Gasteiger charge is -2.05. The van der Waals surface area contributed by atoms with Crippen LogP contribution in [0.15, 0.2) is 36.7 Å². The van der Waals surface area contributed by atoms with E-state index in [1.807, 2.05) is 30.3 Å². The van der Waals surface area contributed by atoms with Crippen LogP contribution in [0.25, 0.3) is 11.3 Å². The van der Waals surface area contributed by atoms with Gasteiger partial charge in [0.2, 0.25) is 0 Å². The van der Waals surface area contributed by atoms with Crippen LogP contribution in [-0.4, -0.2) is 15.2 Å². The van der Waals surface area contributed by atoms with E-state index in [0.717, 1.165) is 5.56 Å². The van der Waals surface area contributed by atoms with Crippen molar-refractivity contribution in [1.82, 2.24) is 9.97 Å². The van der Waals surface area contributed by atoms with Gasteiger partial charge in [-0.15, -0.1) is 0 Å². The van der Waals surface area contributed by atoms with Crippen LogP contribution in [0.2, 0.25) is 5.15 Å². The fourth-order valence-corrected chi connectivity index (χ4v) is 1.80. The molecule has 2 rings (SSSR count). The van der Waals surface area contributed by atoms with Gasteiger partial charge in [0.15, 0.2) is 0 Å². The minimum atomic E-state index is -0.663. The van der Waals surface area contributed by atoms with Gasteiger partial charge in [0.05, 0.1) is 11.3 Å². The van der Waals surface area contributed by atoms with E-state index in [2.05, 4.69) is 9.97 Å². The number of hydrogen-bond donors (Lipinski definition) is 0. The molecular formula is C11H6Cl2N2O. The molecule has 0 spiro atoms. The lowest BCUT2D eigenvalue weighted by molar-refractivity contribution is 0.108. The Morgan fingerprint density at radius 1 is 1.12 bits per heavy atom. The summed E-state index contributed by atoms with van der Waals surface area (Å²) in [4.78, 5) is 19.0. The highest BCUT2D eigenvalue weighted by Gasteiger charge is 2.16. The molecule has 0 aliphatic carbocycles. The normalized spacial score (nSPS) is 10.1. The molecule has 0 bridgehead atoms. The van der Waals surface area contributed by atoms with Gasteiger partial charge in [-0.2, -0.15) is 0 Å². The number of carbonyl (C=O) groups excluding carboxylic acids is 1. The molecule has 0 saturated carbocycles. The van der Waals surface area contributed by atoms with Crippen LogP contribution in [0.4, 0.5) is 0 Å². The Hall–Kier alpha value is -1.45. The number of aromatic nitrogens is 2. The maximum Gasteiger partial charge on any atom is 0.257 e. The molecule has 0 fully saturated rings. The molecule has 2 aromatic rings. The molecule has 1 heterocycles. The average molecular weight is 253 g/mol. The molecule has 0 N–H and O–H groups in total. The molecule has 80 valence electrons. The zero-order chi connectivity index (χ0) is 11.5. The Kier molecular flexibility index (Phi) is 3.17. The second-order valence-corrected chi connectivity index (χ2v) is 3.73. The van der Waals surface area contributed by atoms with E-state index in [1.54, 1.807) is 0 Å². The van der Waals surface area contributed by atoms with Crippen molar-refractivity contribution in [3.05, 3.63) is 47.4 Å². The highest BCUT2D eigenvalue weighted by Crippen LogP contribution is 2.26. The van der Waals surface area contributed by atoms with E-state index >= 15 is 0 Å². The van der Waals surface area contributed by atoms with Crippen LogP contribution < -0.4 is 0 Å². The molecule has 3 nitrogen and oxygen atoms in total. The van der Waals surface area contributed by atoms with Gasteiger partial charge >= 0.3 is 0 Å². The van der Waals surface area contributed by atoms with Crippen molar-refractivity contribution in [1.29, 1.82) is 0 Å². The first-order chi connectivity index (χ1) is 7.70. The molecule has 0 aliphatic heterocycles. The Labute approximate surface area is 102 Å². The van der Waals surface area contributed by atoms with Gasteiger partial charge in [-0.3, -0.25) is 4.79 Å². The Bertz CT molecular complexity index is 529. The topological polar surface area (TPSA) is 42.9 Å². The average Bonchev–Trinajstić information content (AvgIpc) is 2.29. The van der Waals surface area contributed by atoms with E-state index < -0.39 is 5.24 Å². The fraction of sp³-hybridized carbons (Fsp3) is 0. The summed E-state index contributed by atoms with van der Waals surface area (Å²) in [6, 6.07) is 9.19. The third-order valence-corrected chi connectivity index (χ3v) is 2.52. The molecule has 0 radical (unpaired) electrons. The molecule has 0 amide bonds. The molecule has 16 heavy (non-hydrogen) atoms. The third-order valence-electron chi connectivity index (χ3n) is 2.04. The predicted molar refractivity (Wildman–Crippen MR) is 62.7 cm³/mol. The molecule has 0 unspecified atom stereocenters. The van der Waals surface area contributed by atoms with Crippen molar-refractivity contribution in [3.8, 4) is 11.3 Å². The summed E-state index contributed by atoms with van der Waals surface area (Å²) in [5.41, 5.74) is 1.36. The number of hydrogen-bond acceptors (Lipinski definition) is 3. The number of benzene rings is 1. The van der Waals surface area contributed by atoms with Gasteiger partial charge in [0.25, 0.3) is 5.24 Å². The van der Waals surface area contributed by atoms with Gasteiger partial charge in [-0.25, -0.2) is 9.97 Å². The Morgan fingerprint density at radius 2 is 1.81 bits per heavy atom. The zero-order valence-corrected chi connectivity index (χ0v) is 9.53.